The highest BCUT2D eigenvalue weighted by molar-refractivity contribution is 5.14. The lowest BCUT2D eigenvalue weighted by Crippen LogP contribution is -2.05. The molecule has 0 fully saturated rings. The first kappa shape index (κ1) is 9.90. The van der Waals surface area contributed by atoms with Crippen LogP contribution in [-0.2, 0) is 13.0 Å². The molecule has 1 heterocycles. The van der Waals surface area contributed by atoms with Crippen LogP contribution in [0.4, 0.5) is 0 Å². The Labute approximate surface area is 89.8 Å². The first-order valence-electron chi connectivity index (χ1n) is 5.17. The van der Waals surface area contributed by atoms with Gasteiger partial charge in [-0.3, -0.25) is 0 Å². The van der Waals surface area contributed by atoms with Crippen molar-refractivity contribution in [1.29, 1.82) is 0 Å². The largest absolute Gasteiger partial charge is 0.315 e. The molecule has 0 aliphatic carbocycles. The van der Waals surface area contributed by atoms with Crippen molar-refractivity contribution in [3.8, 4) is 0 Å². The average molecular weight is 201 g/mol. The zero-order valence-electron chi connectivity index (χ0n) is 9.14. The highest BCUT2D eigenvalue weighted by Crippen LogP contribution is 2.05. The number of aryl methyl sites for hydroxylation is 3. The zero-order valence-corrected chi connectivity index (χ0v) is 9.14. The van der Waals surface area contributed by atoms with E-state index in [-0.39, 0.29) is 0 Å². The van der Waals surface area contributed by atoms with Gasteiger partial charge < -0.3 is 4.57 Å². The van der Waals surface area contributed by atoms with E-state index in [0.29, 0.717) is 0 Å². The zero-order chi connectivity index (χ0) is 10.7. The van der Waals surface area contributed by atoms with Crippen molar-refractivity contribution in [2.45, 2.75) is 26.8 Å². The van der Waals surface area contributed by atoms with E-state index in [0.717, 1.165) is 24.6 Å². The molecule has 0 unspecified atom stereocenters. The van der Waals surface area contributed by atoms with Crippen LogP contribution in [0.15, 0.2) is 30.3 Å². The van der Waals surface area contributed by atoms with E-state index in [9.17, 15) is 0 Å². The Kier molecular flexibility index (Phi) is 2.81. The molecular weight excluding hydrogens is 186 g/mol. The van der Waals surface area contributed by atoms with Gasteiger partial charge in [0.05, 0.1) is 0 Å². The van der Waals surface area contributed by atoms with E-state index in [1.54, 1.807) is 0 Å². The molecule has 0 atom stereocenters. The molecule has 15 heavy (non-hydrogen) atoms. The van der Waals surface area contributed by atoms with Crippen LogP contribution in [0.2, 0.25) is 0 Å². The molecule has 0 bridgehead atoms. The van der Waals surface area contributed by atoms with Gasteiger partial charge in [0, 0.05) is 6.54 Å². The third kappa shape index (κ3) is 2.24. The Balaban J connectivity index is 2.05. The van der Waals surface area contributed by atoms with Crippen LogP contribution in [0.1, 0.15) is 17.2 Å². The predicted octanol–water partition coefficient (Wildman–Crippen LogP) is 2.14. The quantitative estimate of drug-likeness (QED) is 0.761. The minimum Gasteiger partial charge on any atom is -0.315 e. The molecule has 3 nitrogen and oxygen atoms in total. The number of rotatable bonds is 3. The van der Waals surface area contributed by atoms with Crippen molar-refractivity contribution >= 4 is 0 Å². The Morgan fingerprint density at radius 2 is 1.60 bits per heavy atom. The fourth-order valence-corrected chi connectivity index (χ4v) is 1.70. The van der Waals surface area contributed by atoms with Gasteiger partial charge in [-0.15, -0.1) is 10.2 Å². The van der Waals surface area contributed by atoms with Gasteiger partial charge in [-0.1, -0.05) is 30.3 Å². The molecule has 0 N–H and O–H groups in total. The molecule has 78 valence electrons. The molecule has 0 radical (unpaired) electrons. The van der Waals surface area contributed by atoms with Crippen LogP contribution in [0, 0.1) is 13.8 Å². The van der Waals surface area contributed by atoms with Crippen molar-refractivity contribution in [1.82, 2.24) is 14.8 Å². The highest BCUT2D eigenvalue weighted by atomic mass is 15.3. The summed E-state index contributed by atoms with van der Waals surface area (Å²) in [5, 5.41) is 8.08. The molecule has 1 aromatic heterocycles. The minimum absolute atomic E-state index is 0.953. The van der Waals surface area contributed by atoms with Crippen LogP contribution in [0.3, 0.4) is 0 Å². The van der Waals surface area contributed by atoms with E-state index in [2.05, 4.69) is 39.0 Å². The molecule has 2 rings (SSSR count). The van der Waals surface area contributed by atoms with Gasteiger partial charge in [-0.25, -0.2) is 0 Å². The number of hydrogen-bond acceptors (Lipinski definition) is 2. The molecule has 0 aliphatic heterocycles. The first-order chi connectivity index (χ1) is 7.27. The molecule has 0 amide bonds. The molecule has 0 saturated heterocycles. The highest BCUT2D eigenvalue weighted by Gasteiger charge is 2.03. The van der Waals surface area contributed by atoms with Crippen molar-refractivity contribution in [2.24, 2.45) is 0 Å². The van der Waals surface area contributed by atoms with Crippen molar-refractivity contribution in [3.05, 3.63) is 47.5 Å². The van der Waals surface area contributed by atoms with Gasteiger partial charge in [0.1, 0.15) is 11.6 Å². The summed E-state index contributed by atoms with van der Waals surface area (Å²) in [5.74, 6) is 1.98. The van der Waals surface area contributed by atoms with Crippen molar-refractivity contribution in [2.75, 3.05) is 0 Å². The summed E-state index contributed by atoms with van der Waals surface area (Å²) < 4.78 is 2.15. The van der Waals surface area contributed by atoms with Crippen LogP contribution in [-0.4, -0.2) is 14.8 Å². The Bertz CT molecular complexity index is 412. The number of benzene rings is 1. The Morgan fingerprint density at radius 1 is 1.00 bits per heavy atom. The van der Waals surface area contributed by atoms with Crippen LogP contribution in [0.25, 0.3) is 0 Å². The van der Waals surface area contributed by atoms with Crippen LogP contribution < -0.4 is 0 Å². The Hall–Kier alpha value is -1.64. The van der Waals surface area contributed by atoms with Crippen molar-refractivity contribution < 1.29 is 0 Å². The predicted molar refractivity (Wildman–Crippen MR) is 59.6 cm³/mol. The summed E-state index contributed by atoms with van der Waals surface area (Å²) in [6, 6.07) is 10.5. The lowest BCUT2D eigenvalue weighted by Gasteiger charge is -2.05. The maximum atomic E-state index is 4.04. The normalized spacial score (nSPS) is 10.5. The van der Waals surface area contributed by atoms with Crippen LogP contribution >= 0.6 is 0 Å². The summed E-state index contributed by atoms with van der Waals surface area (Å²) >= 11 is 0. The van der Waals surface area contributed by atoms with Gasteiger partial charge in [-0.2, -0.15) is 0 Å². The number of aromatic nitrogens is 3. The number of nitrogens with zero attached hydrogens (tertiary/aromatic N) is 3. The minimum atomic E-state index is 0.953. The lowest BCUT2D eigenvalue weighted by atomic mass is 10.1. The summed E-state index contributed by atoms with van der Waals surface area (Å²) in [7, 11) is 0. The molecule has 0 aliphatic rings. The second kappa shape index (κ2) is 4.26. The third-order valence-electron chi connectivity index (χ3n) is 2.59. The van der Waals surface area contributed by atoms with E-state index in [1.807, 2.05) is 19.9 Å². The lowest BCUT2D eigenvalue weighted by molar-refractivity contribution is 0.653. The van der Waals surface area contributed by atoms with E-state index >= 15 is 0 Å². The molecular formula is C12H15N3. The van der Waals surface area contributed by atoms with Crippen molar-refractivity contribution in [3.63, 3.8) is 0 Å². The summed E-state index contributed by atoms with van der Waals surface area (Å²) in [6.07, 6.45) is 1.03. The van der Waals surface area contributed by atoms with E-state index < -0.39 is 0 Å². The van der Waals surface area contributed by atoms with E-state index in [1.165, 1.54) is 5.56 Å². The second-order valence-electron chi connectivity index (χ2n) is 3.68. The number of hydrogen-bond donors (Lipinski definition) is 0. The third-order valence-corrected chi connectivity index (χ3v) is 2.59. The Morgan fingerprint density at radius 3 is 2.20 bits per heavy atom. The monoisotopic (exact) mass is 201 g/mol. The van der Waals surface area contributed by atoms with Gasteiger partial charge >= 0.3 is 0 Å². The molecule has 3 heteroatoms. The first-order valence-corrected chi connectivity index (χ1v) is 5.17. The topological polar surface area (TPSA) is 30.7 Å². The molecule has 2 aromatic rings. The SMILES string of the molecule is Cc1nnc(C)n1CCc1ccccc1. The summed E-state index contributed by atoms with van der Waals surface area (Å²) in [6.45, 7) is 4.94. The molecule has 0 saturated carbocycles. The van der Waals surface area contributed by atoms with Crippen LogP contribution in [0.5, 0.6) is 0 Å². The summed E-state index contributed by atoms with van der Waals surface area (Å²) in [5.41, 5.74) is 1.35. The van der Waals surface area contributed by atoms with Gasteiger partial charge in [0.25, 0.3) is 0 Å². The summed E-state index contributed by atoms with van der Waals surface area (Å²) in [4.78, 5) is 0. The average Bonchev–Trinajstić information content (AvgIpc) is 2.58. The smallest absolute Gasteiger partial charge is 0.129 e. The molecule has 1 aromatic carbocycles. The van der Waals surface area contributed by atoms with E-state index in [4.69, 9.17) is 0 Å². The van der Waals surface area contributed by atoms with Gasteiger partial charge in [0.2, 0.25) is 0 Å². The fourth-order valence-electron chi connectivity index (χ4n) is 1.70. The van der Waals surface area contributed by atoms with Gasteiger partial charge in [0.15, 0.2) is 0 Å². The standard InChI is InChI=1S/C12H15N3/c1-10-13-14-11(2)15(10)9-8-12-6-4-3-5-7-12/h3-7H,8-9H2,1-2H3. The fraction of sp³-hybridized carbons (Fsp3) is 0.333. The molecule has 0 spiro atoms. The van der Waals surface area contributed by atoms with Gasteiger partial charge in [-0.05, 0) is 25.8 Å². The second-order valence-corrected chi connectivity index (χ2v) is 3.68. The maximum absolute atomic E-state index is 4.04. The maximum Gasteiger partial charge on any atom is 0.129 e.